The Kier molecular flexibility index (Phi) is 6.72. The molecule has 0 bridgehead atoms. The van der Waals surface area contributed by atoms with Gasteiger partial charge in [0.2, 0.25) is 5.91 Å². The van der Waals surface area contributed by atoms with Crippen LogP contribution in [-0.4, -0.2) is 48.5 Å². The van der Waals surface area contributed by atoms with E-state index >= 15 is 0 Å². The lowest BCUT2D eigenvalue weighted by Crippen LogP contribution is -2.36. The molecule has 4 rings (SSSR count). The summed E-state index contributed by atoms with van der Waals surface area (Å²) >= 11 is 3.42. The SMILES string of the molecule is CCOc1ccc(Br)cc1/C=C/C(=O)Nc1ccc2c(c1)C(=O)N(CC1CCCO1)C2=O. The summed E-state index contributed by atoms with van der Waals surface area (Å²) in [6.07, 6.45) is 4.72. The lowest BCUT2D eigenvalue weighted by atomic mass is 10.1. The van der Waals surface area contributed by atoms with Crippen LogP contribution in [0.3, 0.4) is 0 Å². The molecule has 0 saturated carbocycles. The number of carbonyl (C=O) groups is 3. The van der Waals surface area contributed by atoms with Crippen molar-refractivity contribution in [2.75, 3.05) is 25.1 Å². The van der Waals surface area contributed by atoms with Gasteiger partial charge in [0.25, 0.3) is 11.8 Å². The quantitative estimate of drug-likeness (QED) is 0.454. The molecule has 2 heterocycles. The number of carbonyl (C=O) groups excluding carboxylic acids is 3. The van der Waals surface area contributed by atoms with Gasteiger partial charge < -0.3 is 14.8 Å². The maximum atomic E-state index is 12.8. The van der Waals surface area contributed by atoms with Gasteiger partial charge in [-0.05, 0) is 62.2 Å². The molecule has 2 aromatic carbocycles. The van der Waals surface area contributed by atoms with Crippen molar-refractivity contribution in [1.82, 2.24) is 4.90 Å². The molecule has 1 atom stereocenters. The van der Waals surface area contributed by atoms with Crippen molar-refractivity contribution >= 4 is 45.4 Å². The Morgan fingerprint density at radius 1 is 1.22 bits per heavy atom. The van der Waals surface area contributed by atoms with E-state index in [0.717, 1.165) is 22.9 Å². The normalized spacial score (nSPS) is 17.8. The fourth-order valence-corrected chi connectivity index (χ4v) is 4.19. The molecule has 1 fully saturated rings. The zero-order chi connectivity index (χ0) is 22.7. The van der Waals surface area contributed by atoms with Gasteiger partial charge in [0, 0.05) is 28.4 Å². The van der Waals surface area contributed by atoms with Crippen molar-refractivity contribution in [1.29, 1.82) is 0 Å². The van der Waals surface area contributed by atoms with E-state index in [1.165, 1.54) is 11.0 Å². The van der Waals surface area contributed by atoms with Gasteiger partial charge in [0.15, 0.2) is 0 Å². The van der Waals surface area contributed by atoms with Gasteiger partial charge in [-0.3, -0.25) is 19.3 Å². The monoisotopic (exact) mass is 498 g/mol. The number of ether oxygens (including phenoxy) is 2. The van der Waals surface area contributed by atoms with E-state index in [0.29, 0.717) is 35.8 Å². The van der Waals surface area contributed by atoms with Crippen molar-refractivity contribution in [2.24, 2.45) is 0 Å². The largest absolute Gasteiger partial charge is 0.493 e. The zero-order valence-corrected chi connectivity index (χ0v) is 19.2. The second kappa shape index (κ2) is 9.67. The number of fused-ring (bicyclic) bond motifs is 1. The third-order valence-electron chi connectivity index (χ3n) is 5.33. The number of halogens is 1. The standard InChI is InChI=1S/C24H23BrN2O5/c1-2-31-21-9-6-16(25)12-15(21)5-10-22(28)26-17-7-8-19-20(13-17)24(30)27(23(19)29)14-18-4-3-11-32-18/h5-10,12-13,18H,2-4,11,14H2,1H3,(H,26,28)/b10-5+. The molecule has 1 saturated heterocycles. The molecule has 0 spiro atoms. The molecule has 0 radical (unpaired) electrons. The predicted molar refractivity (Wildman–Crippen MR) is 124 cm³/mol. The maximum absolute atomic E-state index is 12.8. The van der Waals surface area contributed by atoms with Crippen molar-refractivity contribution in [3.8, 4) is 5.75 Å². The number of hydrogen-bond donors (Lipinski definition) is 1. The van der Waals surface area contributed by atoms with Crippen molar-refractivity contribution < 1.29 is 23.9 Å². The van der Waals surface area contributed by atoms with E-state index in [2.05, 4.69) is 21.2 Å². The molecule has 2 aliphatic rings. The van der Waals surface area contributed by atoms with Gasteiger partial charge in [-0.25, -0.2) is 0 Å². The number of nitrogens with one attached hydrogen (secondary N) is 1. The summed E-state index contributed by atoms with van der Waals surface area (Å²) in [5.41, 5.74) is 1.84. The summed E-state index contributed by atoms with van der Waals surface area (Å²) in [5, 5.41) is 2.75. The Bertz CT molecular complexity index is 1090. The molecule has 8 heteroatoms. The molecule has 1 unspecified atom stereocenters. The highest BCUT2D eigenvalue weighted by atomic mass is 79.9. The molecule has 1 N–H and O–H groups in total. The Balaban J connectivity index is 1.45. The average Bonchev–Trinajstić information content (AvgIpc) is 3.37. The number of hydrogen-bond acceptors (Lipinski definition) is 5. The first-order chi connectivity index (χ1) is 15.5. The number of anilines is 1. The molecule has 32 heavy (non-hydrogen) atoms. The van der Waals surface area contributed by atoms with Crippen LogP contribution in [0.15, 0.2) is 46.9 Å². The minimum Gasteiger partial charge on any atom is -0.493 e. The predicted octanol–water partition coefficient (Wildman–Crippen LogP) is 4.27. The van der Waals surface area contributed by atoms with Gasteiger partial charge in [0.1, 0.15) is 5.75 Å². The second-order valence-electron chi connectivity index (χ2n) is 7.55. The van der Waals surface area contributed by atoms with E-state index in [9.17, 15) is 14.4 Å². The van der Waals surface area contributed by atoms with Crippen molar-refractivity contribution in [3.05, 3.63) is 63.6 Å². The van der Waals surface area contributed by atoms with Crippen LogP contribution in [0, 0.1) is 0 Å². The molecular formula is C24H23BrN2O5. The van der Waals surface area contributed by atoms with Crippen LogP contribution in [0.1, 0.15) is 46.0 Å². The third kappa shape index (κ3) is 4.76. The summed E-state index contributed by atoms with van der Waals surface area (Å²) < 4.78 is 12.0. The van der Waals surface area contributed by atoms with Crippen LogP contribution >= 0.6 is 15.9 Å². The van der Waals surface area contributed by atoms with Gasteiger partial charge in [0.05, 0.1) is 30.4 Å². The van der Waals surface area contributed by atoms with E-state index in [4.69, 9.17) is 9.47 Å². The van der Waals surface area contributed by atoms with E-state index in [1.54, 1.807) is 24.3 Å². The average molecular weight is 499 g/mol. The maximum Gasteiger partial charge on any atom is 0.261 e. The molecule has 3 amide bonds. The Hall–Kier alpha value is -2.97. The van der Waals surface area contributed by atoms with Gasteiger partial charge in [-0.15, -0.1) is 0 Å². The summed E-state index contributed by atoms with van der Waals surface area (Å²) in [6, 6.07) is 10.3. The van der Waals surface area contributed by atoms with Gasteiger partial charge in [-0.1, -0.05) is 15.9 Å². The van der Waals surface area contributed by atoms with Gasteiger partial charge in [-0.2, -0.15) is 0 Å². The molecule has 0 aliphatic carbocycles. The fraction of sp³-hybridized carbons (Fsp3) is 0.292. The first-order valence-electron chi connectivity index (χ1n) is 10.5. The lowest BCUT2D eigenvalue weighted by molar-refractivity contribution is -0.111. The number of rotatable bonds is 7. The van der Waals surface area contributed by atoms with Crippen LogP contribution in [0.5, 0.6) is 5.75 Å². The first-order valence-corrected chi connectivity index (χ1v) is 11.3. The van der Waals surface area contributed by atoms with Crippen LogP contribution in [0.25, 0.3) is 6.08 Å². The highest BCUT2D eigenvalue weighted by molar-refractivity contribution is 9.10. The van der Waals surface area contributed by atoms with E-state index < -0.39 is 0 Å². The molecule has 2 aromatic rings. The zero-order valence-electron chi connectivity index (χ0n) is 17.6. The van der Waals surface area contributed by atoms with E-state index in [-0.39, 0.29) is 30.4 Å². The highest BCUT2D eigenvalue weighted by Gasteiger charge is 2.37. The molecule has 166 valence electrons. The minimum absolute atomic E-state index is 0.110. The summed E-state index contributed by atoms with van der Waals surface area (Å²) in [7, 11) is 0. The topological polar surface area (TPSA) is 84.9 Å². The minimum atomic E-state index is -0.361. The van der Waals surface area contributed by atoms with Crippen molar-refractivity contribution in [2.45, 2.75) is 25.9 Å². The molecule has 0 aromatic heterocycles. The molecule has 2 aliphatic heterocycles. The molecule has 7 nitrogen and oxygen atoms in total. The Morgan fingerprint density at radius 2 is 2.03 bits per heavy atom. The smallest absolute Gasteiger partial charge is 0.261 e. The Morgan fingerprint density at radius 3 is 2.78 bits per heavy atom. The summed E-state index contributed by atoms with van der Waals surface area (Å²) in [6.45, 7) is 3.32. The summed E-state index contributed by atoms with van der Waals surface area (Å²) in [5.74, 6) is -0.368. The second-order valence-corrected chi connectivity index (χ2v) is 8.47. The van der Waals surface area contributed by atoms with Crippen LogP contribution < -0.4 is 10.1 Å². The van der Waals surface area contributed by atoms with Crippen molar-refractivity contribution in [3.63, 3.8) is 0 Å². The van der Waals surface area contributed by atoms with Crippen LogP contribution in [0.4, 0.5) is 5.69 Å². The number of nitrogens with zero attached hydrogens (tertiary/aromatic N) is 1. The Labute approximate surface area is 194 Å². The summed E-state index contributed by atoms with van der Waals surface area (Å²) in [4.78, 5) is 39.1. The number of imide groups is 1. The third-order valence-corrected chi connectivity index (χ3v) is 5.83. The highest BCUT2D eigenvalue weighted by Crippen LogP contribution is 2.28. The first kappa shape index (κ1) is 22.2. The van der Waals surface area contributed by atoms with E-state index in [1.807, 2.05) is 25.1 Å². The number of benzene rings is 2. The van der Waals surface area contributed by atoms with Crippen LogP contribution in [-0.2, 0) is 9.53 Å². The van der Waals surface area contributed by atoms with Gasteiger partial charge >= 0.3 is 0 Å². The fourth-order valence-electron chi connectivity index (χ4n) is 3.81. The van der Waals surface area contributed by atoms with Crippen LogP contribution in [0.2, 0.25) is 0 Å². The number of amides is 3. The molecular weight excluding hydrogens is 476 g/mol. The lowest BCUT2D eigenvalue weighted by Gasteiger charge is -2.17.